The van der Waals surface area contributed by atoms with Crippen molar-refractivity contribution in [3.05, 3.63) is 0 Å². The highest BCUT2D eigenvalue weighted by molar-refractivity contribution is 4.70. The van der Waals surface area contributed by atoms with E-state index in [0.29, 0.717) is 12.1 Å². The minimum Gasteiger partial charge on any atom is -0.378 e. The Hall–Kier alpha value is -0.0800. The fraction of sp³-hybridized carbons (Fsp3) is 1.00. The van der Waals surface area contributed by atoms with Crippen LogP contribution in [-0.2, 0) is 4.74 Å². The van der Waals surface area contributed by atoms with E-state index in [1.165, 1.54) is 6.42 Å². The first-order valence-electron chi connectivity index (χ1n) is 3.16. The SMILES string of the molecule is CC(N)CC1CCO1. The zero-order valence-electron chi connectivity index (χ0n) is 5.26. The van der Waals surface area contributed by atoms with Gasteiger partial charge in [0.05, 0.1) is 6.10 Å². The van der Waals surface area contributed by atoms with Gasteiger partial charge in [-0.1, -0.05) is 0 Å². The first-order valence-corrected chi connectivity index (χ1v) is 3.16. The Morgan fingerprint density at radius 1 is 1.88 bits per heavy atom. The molecule has 1 heterocycles. The molecule has 0 aromatic heterocycles. The van der Waals surface area contributed by atoms with Crippen molar-refractivity contribution in [1.29, 1.82) is 0 Å². The summed E-state index contributed by atoms with van der Waals surface area (Å²) >= 11 is 0. The molecule has 0 amide bonds. The van der Waals surface area contributed by atoms with Crippen LogP contribution in [-0.4, -0.2) is 18.8 Å². The summed E-state index contributed by atoms with van der Waals surface area (Å²) in [7, 11) is 0. The molecule has 0 radical (unpaired) electrons. The highest BCUT2D eigenvalue weighted by Gasteiger charge is 2.18. The van der Waals surface area contributed by atoms with Crippen LogP contribution in [0.1, 0.15) is 19.8 Å². The molecule has 1 rings (SSSR count). The van der Waals surface area contributed by atoms with Gasteiger partial charge in [-0.15, -0.1) is 0 Å². The average Bonchev–Trinajstić information content (AvgIpc) is 1.55. The van der Waals surface area contributed by atoms with E-state index >= 15 is 0 Å². The maximum Gasteiger partial charge on any atom is 0.0611 e. The van der Waals surface area contributed by atoms with Crippen LogP contribution in [0, 0.1) is 0 Å². The molecule has 2 heteroatoms. The monoisotopic (exact) mass is 115 g/mol. The lowest BCUT2D eigenvalue weighted by atomic mass is 10.1. The zero-order valence-corrected chi connectivity index (χ0v) is 5.26. The number of nitrogens with two attached hydrogens (primary N) is 1. The minimum atomic E-state index is 0.306. The molecule has 1 fully saturated rings. The van der Waals surface area contributed by atoms with Gasteiger partial charge < -0.3 is 10.5 Å². The molecule has 2 N–H and O–H groups in total. The first-order chi connectivity index (χ1) is 3.79. The molecular weight excluding hydrogens is 102 g/mol. The van der Waals surface area contributed by atoms with Crippen LogP contribution in [0.3, 0.4) is 0 Å². The lowest BCUT2D eigenvalue weighted by molar-refractivity contribution is -0.0568. The minimum absolute atomic E-state index is 0.306. The standard InChI is InChI=1S/C6H13NO/c1-5(7)4-6-2-3-8-6/h5-6H,2-4,7H2,1H3. The Kier molecular flexibility index (Phi) is 1.86. The van der Waals surface area contributed by atoms with Crippen molar-refractivity contribution in [2.45, 2.75) is 31.9 Å². The summed E-state index contributed by atoms with van der Waals surface area (Å²) in [6, 6.07) is 0.306. The average molecular weight is 115 g/mol. The van der Waals surface area contributed by atoms with Crippen molar-refractivity contribution < 1.29 is 4.74 Å². The van der Waals surface area contributed by atoms with E-state index in [4.69, 9.17) is 10.5 Å². The van der Waals surface area contributed by atoms with Crippen molar-refractivity contribution in [2.75, 3.05) is 6.61 Å². The normalized spacial score (nSPS) is 31.5. The van der Waals surface area contributed by atoms with E-state index in [1.54, 1.807) is 0 Å². The van der Waals surface area contributed by atoms with Gasteiger partial charge in [0.25, 0.3) is 0 Å². The third-order valence-electron chi connectivity index (χ3n) is 1.43. The van der Waals surface area contributed by atoms with E-state index < -0.39 is 0 Å². The molecule has 8 heavy (non-hydrogen) atoms. The fourth-order valence-corrected chi connectivity index (χ4v) is 0.885. The van der Waals surface area contributed by atoms with Crippen LogP contribution >= 0.6 is 0 Å². The van der Waals surface area contributed by atoms with Crippen molar-refractivity contribution in [1.82, 2.24) is 0 Å². The summed E-state index contributed by atoms with van der Waals surface area (Å²) in [5, 5.41) is 0. The number of hydrogen-bond donors (Lipinski definition) is 1. The Morgan fingerprint density at radius 2 is 2.50 bits per heavy atom. The highest BCUT2D eigenvalue weighted by atomic mass is 16.5. The van der Waals surface area contributed by atoms with Crippen LogP contribution in [0.5, 0.6) is 0 Å². The van der Waals surface area contributed by atoms with E-state index in [-0.39, 0.29) is 0 Å². The van der Waals surface area contributed by atoms with E-state index in [2.05, 4.69) is 0 Å². The predicted molar refractivity (Wildman–Crippen MR) is 32.6 cm³/mol. The molecule has 1 aliphatic heterocycles. The highest BCUT2D eigenvalue weighted by Crippen LogP contribution is 2.15. The van der Waals surface area contributed by atoms with Crippen LogP contribution in [0.2, 0.25) is 0 Å². The van der Waals surface area contributed by atoms with Gasteiger partial charge >= 0.3 is 0 Å². The van der Waals surface area contributed by atoms with E-state index in [1.807, 2.05) is 6.92 Å². The molecule has 48 valence electrons. The van der Waals surface area contributed by atoms with Crippen LogP contribution in [0.15, 0.2) is 0 Å². The lowest BCUT2D eigenvalue weighted by Crippen LogP contribution is -2.32. The van der Waals surface area contributed by atoms with Crippen molar-refractivity contribution in [3.8, 4) is 0 Å². The Labute approximate surface area is 50.0 Å². The summed E-state index contributed by atoms with van der Waals surface area (Å²) in [6.07, 6.45) is 2.72. The molecule has 0 spiro atoms. The molecule has 0 aromatic carbocycles. The summed E-state index contributed by atoms with van der Waals surface area (Å²) in [6.45, 7) is 2.96. The summed E-state index contributed by atoms with van der Waals surface area (Å²) in [5.41, 5.74) is 5.52. The van der Waals surface area contributed by atoms with Crippen molar-refractivity contribution in [3.63, 3.8) is 0 Å². The lowest BCUT2D eigenvalue weighted by Gasteiger charge is -2.27. The van der Waals surface area contributed by atoms with Gasteiger partial charge in [0.2, 0.25) is 0 Å². The summed E-state index contributed by atoms with van der Waals surface area (Å²) in [5.74, 6) is 0. The third kappa shape index (κ3) is 1.46. The molecule has 1 saturated heterocycles. The Morgan fingerprint density at radius 3 is 2.62 bits per heavy atom. The quantitative estimate of drug-likeness (QED) is 0.569. The maximum atomic E-state index is 5.52. The van der Waals surface area contributed by atoms with Gasteiger partial charge in [-0.2, -0.15) is 0 Å². The Bertz CT molecular complexity index is 68.9. The largest absolute Gasteiger partial charge is 0.378 e. The van der Waals surface area contributed by atoms with E-state index in [9.17, 15) is 0 Å². The van der Waals surface area contributed by atoms with Crippen molar-refractivity contribution in [2.24, 2.45) is 5.73 Å². The summed E-state index contributed by atoms with van der Waals surface area (Å²) < 4.78 is 5.16. The van der Waals surface area contributed by atoms with Gasteiger partial charge in [0, 0.05) is 12.6 Å². The van der Waals surface area contributed by atoms with Gasteiger partial charge in [-0.25, -0.2) is 0 Å². The second-order valence-corrected chi connectivity index (χ2v) is 2.49. The second kappa shape index (κ2) is 2.46. The number of ether oxygens (including phenoxy) is 1. The van der Waals surface area contributed by atoms with Gasteiger partial charge in [0.15, 0.2) is 0 Å². The third-order valence-corrected chi connectivity index (χ3v) is 1.43. The van der Waals surface area contributed by atoms with Crippen LogP contribution in [0.4, 0.5) is 0 Å². The molecule has 2 nitrogen and oxygen atoms in total. The molecule has 0 bridgehead atoms. The zero-order chi connectivity index (χ0) is 5.98. The van der Waals surface area contributed by atoms with Gasteiger partial charge in [0.1, 0.15) is 0 Å². The number of rotatable bonds is 2. The summed E-state index contributed by atoms with van der Waals surface area (Å²) in [4.78, 5) is 0. The molecule has 1 aliphatic rings. The Balaban J connectivity index is 2.01. The topological polar surface area (TPSA) is 35.2 Å². The van der Waals surface area contributed by atoms with Crippen LogP contribution < -0.4 is 5.73 Å². The van der Waals surface area contributed by atoms with Crippen LogP contribution in [0.25, 0.3) is 0 Å². The maximum absolute atomic E-state index is 5.52. The molecular formula is C6H13NO. The molecule has 2 unspecified atom stereocenters. The van der Waals surface area contributed by atoms with Gasteiger partial charge in [-0.05, 0) is 19.8 Å². The fourth-order valence-electron chi connectivity index (χ4n) is 0.885. The van der Waals surface area contributed by atoms with Crippen molar-refractivity contribution >= 4 is 0 Å². The molecule has 2 atom stereocenters. The smallest absolute Gasteiger partial charge is 0.0611 e. The molecule has 0 aromatic rings. The molecule has 0 aliphatic carbocycles. The first kappa shape index (κ1) is 6.05. The number of hydrogen-bond acceptors (Lipinski definition) is 2. The molecule has 0 saturated carbocycles. The second-order valence-electron chi connectivity index (χ2n) is 2.49. The van der Waals surface area contributed by atoms with Gasteiger partial charge in [-0.3, -0.25) is 0 Å². The van der Waals surface area contributed by atoms with E-state index in [0.717, 1.165) is 13.0 Å². The predicted octanol–water partition coefficient (Wildman–Crippen LogP) is 0.513.